The Bertz CT molecular complexity index is 541. The van der Waals surface area contributed by atoms with Gasteiger partial charge in [0, 0.05) is 37.6 Å². The summed E-state index contributed by atoms with van der Waals surface area (Å²) in [6, 6.07) is 21.6. The van der Waals surface area contributed by atoms with E-state index in [0.29, 0.717) is 0 Å². The van der Waals surface area contributed by atoms with Crippen LogP contribution in [-0.4, -0.2) is 26.2 Å². The summed E-state index contributed by atoms with van der Waals surface area (Å²) in [5.74, 6) is 0. The first-order valence-electron chi connectivity index (χ1n) is 11.4. The van der Waals surface area contributed by atoms with Gasteiger partial charge >= 0.3 is 0 Å². The van der Waals surface area contributed by atoms with E-state index in [4.69, 9.17) is 0 Å². The fraction of sp³-hybridized carbons (Fsp3) is 0.538. The van der Waals surface area contributed by atoms with Gasteiger partial charge in [0.25, 0.3) is 0 Å². The van der Waals surface area contributed by atoms with Gasteiger partial charge in [-0.15, -0.1) is 0 Å². The molecule has 0 atom stereocenters. The van der Waals surface area contributed by atoms with E-state index in [0.717, 1.165) is 13.1 Å². The van der Waals surface area contributed by atoms with Gasteiger partial charge < -0.3 is 9.80 Å². The summed E-state index contributed by atoms with van der Waals surface area (Å²) in [7, 11) is 0. The average molecular weight is 381 g/mol. The second-order valence-electron chi connectivity index (χ2n) is 7.66. The molecule has 0 aliphatic heterocycles. The Labute approximate surface area is 173 Å². The third kappa shape index (κ3) is 8.37. The molecule has 0 spiro atoms. The predicted octanol–water partition coefficient (Wildman–Crippen LogP) is 7.16. The number of hydrogen-bond acceptors (Lipinski definition) is 2. The second-order valence-corrected chi connectivity index (χ2v) is 7.66. The van der Waals surface area contributed by atoms with Crippen LogP contribution in [0.15, 0.2) is 60.7 Å². The minimum atomic E-state index is 1.10. The van der Waals surface area contributed by atoms with Gasteiger partial charge in [0.15, 0.2) is 0 Å². The first kappa shape index (κ1) is 22.3. The third-order valence-electron chi connectivity index (χ3n) is 5.61. The molecule has 2 aromatic carbocycles. The zero-order valence-corrected chi connectivity index (χ0v) is 18.2. The molecule has 2 heteroatoms. The molecule has 0 heterocycles. The highest BCUT2D eigenvalue weighted by molar-refractivity contribution is 5.46. The van der Waals surface area contributed by atoms with Crippen molar-refractivity contribution in [2.75, 3.05) is 36.0 Å². The molecule has 2 aromatic rings. The van der Waals surface area contributed by atoms with E-state index in [1.807, 2.05) is 0 Å². The molecule has 154 valence electrons. The van der Waals surface area contributed by atoms with Gasteiger partial charge in [-0.1, -0.05) is 74.9 Å². The van der Waals surface area contributed by atoms with Gasteiger partial charge in [-0.25, -0.2) is 0 Å². The van der Waals surface area contributed by atoms with Crippen LogP contribution in [-0.2, 0) is 0 Å². The van der Waals surface area contributed by atoms with E-state index in [1.54, 1.807) is 0 Å². The lowest BCUT2D eigenvalue weighted by atomic mass is 10.1. The maximum Gasteiger partial charge on any atom is 0.0366 e. The zero-order valence-electron chi connectivity index (χ0n) is 18.2. The van der Waals surface area contributed by atoms with Crippen molar-refractivity contribution in [2.24, 2.45) is 0 Å². The lowest BCUT2D eigenvalue weighted by molar-refractivity contribution is 0.563. The summed E-state index contributed by atoms with van der Waals surface area (Å²) < 4.78 is 0. The monoisotopic (exact) mass is 380 g/mol. The molecule has 0 aliphatic carbocycles. The largest absolute Gasteiger partial charge is 0.372 e. The van der Waals surface area contributed by atoms with Crippen LogP contribution in [0.25, 0.3) is 0 Å². The van der Waals surface area contributed by atoms with E-state index in [2.05, 4.69) is 84.3 Å². The molecule has 0 unspecified atom stereocenters. The Morgan fingerprint density at radius 3 is 1.11 bits per heavy atom. The maximum atomic E-state index is 2.49. The molecular formula is C26H40N2. The Morgan fingerprint density at radius 1 is 0.464 bits per heavy atom. The van der Waals surface area contributed by atoms with Gasteiger partial charge in [-0.3, -0.25) is 0 Å². The van der Waals surface area contributed by atoms with Crippen LogP contribution in [0.1, 0.15) is 65.2 Å². The molecule has 0 saturated heterocycles. The van der Waals surface area contributed by atoms with E-state index in [1.165, 1.54) is 75.8 Å². The Balaban J connectivity index is 1.46. The summed E-state index contributed by atoms with van der Waals surface area (Å²) in [4.78, 5) is 4.98. The quantitative estimate of drug-likeness (QED) is 0.302. The number of unbranched alkanes of at least 4 members (excludes halogenated alkanes) is 7. The van der Waals surface area contributed by atoms with Crippen molar-refractivity contribution in [3.05, 3.63) is 60.7 Å². The fourth-order valence-corrected chi connectivity index (χ4v) is 3.88. The molecule has 2 rings (SSSR count). The summed E-state index contributed by atoms with van der Waals surface area (Å²) >= 11 is 0. The van der Waals surface area contributed by atoms with E-state index in [9.17, 15) is 0 Å². The molecule has 0 aliphatic rings. The zero-order chi connectivity index (χ0) is 19.9. The molecule has 0 radical (unpaired) electrons. The van der Waals surface area contributed by atoms with Crippen LogP contribution in [0.4, 0.5) is 11.4 Å². The van der Waals surface area contributed by atoms with E-state index < -0.39 is 0 Å². The van der Waals surface area contributed by atoms with E-state index >= 15 is 0 Å². The van der Waals surface area contributed by atoms with Crippen LogP contribution < -0.4 is 9.80 Å². The highest BCUT2D eigenvalue weighted by Gasteiger charge is 2.04. The normalized spacial score (nSPS) is 10.8. The number of hydrogen-bond donors (Lipinski definition) is 0. The SMILES string of the molecule is CCN(CCCCCCCCCCN(CC)c1ccccc1)c1ccccc1. The van der Waals surface area contributed by atoms with Crippen LogP contribution >= 0.6 is 0 Å². The molecule has 0 fully saturated rings. The van der Waals surface area contributed by atoms with Gasteiger partial charge in [-0.05, 0) is 51.0 Å². The van der Waals surface area contributed by atoms with Crippen molar-refractivity contribution in [1.29, 1.82) is 0 Å². The lowest BCUT2D eigenvalue weighted by Gasteiger charge is -2.23. The smallest absolute Gasteiger partial charge is 0.0366 e. The lowest BCUT2D eigenvalue weighted by Crippen LogP contribution is -2.23. The van der Waals surface area contributed by atoms with Crippen molar-refractivity contribution in [1.82, 2.24) is 0 Å². The molecular weight excluding hydrogens is 340 g/mol. The molecule has 0 aromatic heterocycles. The highest BCUT2D eigenvalue weighted by atomic mass is 15.1. The maximum absolute atomic E-state index is 2.49. The van der Waals surface area contributed by atoms with Crippen molar-refractivity contribution in [3.8, 4) is 0 Å². The van der Waals surface area contributed by atoms with Crippen molar-refractivity contribution in [2.45, 2.75) is 65.2 Å². The Hall–Kier alpha value is -1.96. The van der Waals surface area contributed by atoms with Crippen LogP contribution in [0.2, 0.25) is 0 Å². The van der Waals surface area contributed by atoms with E-state index in [-0.39, 0.29) is 0 Å². The summed E-state index contributed by atoms with van der Waals surface area (Å²) in [5.41, 5.74) is 2.73. The van der Waals surface area contributed by atoms with Gasteiger partial charge in [0.1, 0.15) is 0 Å². The standard InChI is InChI=1S/C26H40N2/c1-3-27(25-19-13-11-14-20-25)23-17-9-7-5-6-8-10-18-24-28(4-2)26-21-15-12-16-22-26/h11-16,19-22H,3-10,17-18,23-24H2,1-2H3. The number of rotatable bonds is 15. The first-order valence-corrected chi connectivity index (χ1v) is 11.4. The fourth-order valence-electron chi connectivity index (χ4n) is 3.88. The third-order valence-corrected chi connectivity index (χ3v) is 5.61. The molecule has 0 saturated carbocycles. The number of benzene rings is 2. The summed E-state index contributed by atoms with van der Waals surface area (Å²) in [6.07, 6.45) is 10.9. The van der Waals surface area contributed by atoms with Gasteiger partial charge in [0.05, 0.1) is 0 Å². The molecule has 0 N–H and O–H groups in total. The van der Waals surface area contributed by atoms with Crippen LogP contribution in [0.5, 0.6) is 0 Å². The molecule has 0 bridgehead atoms. The second kappa shape index (κ2) is 14.1. The van der Waals surface area contributed by atoms with Gasteiger partial charge in [0.2, 0.25) is 0 Å². The first-order chi connectivity index (χ1) is 13.8. The van der Waals surface area contributed by atoms with Crippen molar-refractivity contribution in [3.63, 3.8) is 0 Å². The Kier molecular flexibility index (Phi) is 11.2. The average Bonchev–Trinajstić information content (AvgIpc) is 2.76. The minimum absolute atomic E-state index is 1.10. The number of para-hydroxylation sites is 2. The summed E-state index contributed by atoms with van der Waals surface area (Å²) in [5, 5.41) is 0. The molecule has 0 amide bonds. The van der Waals surface area contributed by atoms with Crippen LogP contribution in [0.3, 0.4) is 0 Å². The highest BCUT2D eigenvalue weighted by Crippen LogP contribution is 2.16. The summed E-state index contributed by atoms with van der Waals surface area (Å²) in [6.45, 7) is 9.08. The van der Waals surface area contributed by atoms with Crippen molar-refractivity contribution < 1.29 is 0 Å². The van der Waals surface area contributed by atoms with Crippen molar-refractivity contribution >= 4 is 11.4 Å². The van der Waals surface area contributed by atoms with Crippen LogP contribution in [0, 0.1) is 0 Å². The Morgan fingerprint density at radius 2 is 0.786 bits per heavy atom. The number of anilines is 2. The van der Waals surface area contributed by atoms with Gasteiger partial charge in [-0.2, -0.15) is 0 Å². The topological polar surface area (TPSA) is 6.48 Å². The molecule has 2 nitrogen and oxygen atoms in total. The predicted molar refractivity (Wildman–Crippen MR) is 126 cm³/mol. The minimum Gasteiger partial charge on any atom is -0.372 e. The number of nitrogens with zero attached hydrogens (tertiary/aromatic N) is 2. The molecule has 28 heavy (non-hydrogen) atoms.